The number of methoxy groups -OCH3 is 1. The van der Waals surface area contributed by atoms with Crippen LogP contribution in [-0.4, -0.2) is 17.1 Å². The van der Waals surface area contributed by atoms with Gasteiger partial charge in [-0.05, 0) is 24.3 Å². The van der Waals surface area contributed by atoms with Gasteiger partial charge in [0.25, 0.3) is 0 Å². The Morgan fingerprint density at radius 1 is 1.29 bits per heavy atom. The van der Waals surface area contributed by atoms with Crippen LogP contribution in [0.15, 0.2) is 35.1 Å². The first-order chi connectivity index (χ1) is 8.24. The minimum atomic E-state index is 0.395. The molecule has 0 atom stereocenters. The summed E-state index contributed by atoms with van der Waals surface area (Å²) in [6.07, 6.45) is 1.51. The quantitative estimate of drug-likeness (QED) is 0.944. The van der Waals surface area contributed by atoms with Crippen molar-refractivity contribution in [3.05, 3.63) is 40.8 Å². The molecule has 0 aliphatic heterocycles. The summed E-state index contributed by atoms with van der Waals surface area (Å²) in [6, 6.07) is 7.64. The summed E-state index contributed by atoms with van der Waals surface area (Å²) in [4.78, 5) is 8.31. The van der Waals surface area contributed by atoms with Gasteiger partial charge in [-0.2, -0.15) is 0 Å². The molecule has 0 fully saturated rings. The molecule has 0 radical (unpaired) electrons. The number of halogens is 1. The SMILES string of the molecule is COc1ccc(Br)cc1-c1cc(CN)ncn1. The summed E-state index contributed by atoms with van der Waals surface area (Å²) in [5, 5.41) is 0. The van der Waals surface area contributed by atoms with E-state index in [-0.39, 0.29) is 0 Å². The Labute approximate surface area is 108 Å². The Hall–Kier alpha value is -1.46. The maximum Gasteiger partial charge on any atom is 0.128 e. The predicted octanol–water partition coefficient (Wildman–Crippen LogP) is 2.37. The van der Waals surface area contributed by atoms with Crippen molar-refractivity contribution in [3.63, 3.8) is 0 Å². The average Bonchev–Trinajstić information content (AvgIpc) is 2.39. The molecule has 17 heavy (non-hydrogen) atoms. The minimum Gasteiger partial charge on any atom is -0.496 e. The molecule has 0 spiro atoms. The molecule has 1 aromatic heterocycles. The van der Waals surface area contributed by atoms with Gasteiger partial charge in [0.1, 0.15) is 12.1 Å². The van der Waals surface area contributed by atoms with Crippen molar-refractivity contribution >= 4 is 15.9 Å². The molecule has 0 saturated heterocycles. The van der Waals surface area contributed by atoms with E-state index in [9.17, 15) is 0 Å². The van der Waals surface area contributed by atoms with Gasteiger partial charge < -0.3 is 10.5 Å². The third-order valence-corrected chi connectivity index (χ3v) is 2.86. The largest absolute Gasteiger partial charge is 0.496 e. The van der Waals surface area contributed by atoms with Crippen LogP contribution in [0, 0.1) is 0 Å². The van der Waals surface area contributed by atoms with Gasteiger partial charge in [-0.15, -0.1) is 0 Å². The fourth-order valence-corrected chi connectivity index (χ4v) is 1.90. The Kier molecular flexibility index (Phi) is 3.71. The summed E-state index contributed by atoms with van der Waals surface area (Å²) in [5.74, 6) is 0.773. The van der Waals surface area contributed by atoms with Crippen LogP contribution in [0.5, 0.6) is 5.75 Å². The number of nitrogens with zero attached hydrogens (tertiary/aromatic N) is 2. The van der Waals surface area contributed by atoms with Crippen LogP contribution in [0.4, 0.5) is 0 Å². The molecule has 2 N–H and O–H groups in total. The van der Waals surface area contributed by atoms with Crippen molar-refractivity contribution < 1.29 is 4.74 Å². The zero-order valence-corrected chi connectivity index (χ0v) is 10.9. The first-order valence-corrected chi connectivity index (χ1v) is 5.89. The van der Waals surface area contributed by atoms with E-state index in [0.29, 0.717) is 6.54 Å². The van der Waals surface area contributed by atoms with Gasteiger partial charge in [0.15, 0.2) is 0 Å². The third-order valence-electron chi connectivity index (χ3n) is 2.37. The van der Waals surface area contributed by atoms with Gasteiger partial charge in [-0.25, -0.2) is 9.97 Å². The first-order valence-electron chi connectivity index (χ1n) is 5.09. The maximum atomic E-state index is 5.57. The smallest absolute Gasteiger partial charge is 0.128 e. The van der Waals surface area contributed by atoms with E-state index in [1.54, 1.807) is 7.11 Å². The summed E-state index contributed by atoms with van der Waals surface area (Å²) in [6.45, 7) is 0.395. The van der Waals surface area contributed by atoms with Crippen LogP contribution in [0.1, 0.15) is 5.69 Å². The Morgan fingerprint density at radius 2 is 2.12 bits per heavy atom. The molecule has 5 heteroatoms. The van der Waals surface area contributed by atoms with Crippen molar-refractivity contribution in [1.82, 2.24) is 9.97 Å². The summed E-state index contributed by atoms with van der Waals surface area (Å²) < 4.78 is 6.29. The standard InChI is InChI=1S/C12H12BrN3O/c1-17-12-3-2-8(13)4-10(12)11-5-9(6-14)15-7-16-11/h2-5,7H,6,14H2,1H3. The molecule has 4 nitrogen and oxygen atoms in total. The van der Waals surface area contributed by atoms with Gasteiger partial charge in [-0.1, -0.05) is 15.9 Å². The number of hydrogen-bond acceptors (Lipinski definition) is 4. The van der Waals surface area contributed by atoms with E-state index in [1.165, 1.54) is 6.33 Å². The van der Waals surface area contributed by atoms with E-state index >= 15 is 0 Å². The number of hydrogen-bond donors (Lipinski definition) is 1. The summed E-state index contributed by atoms with van der Waals surface area (Å²) in [7, 11) is 1.64. The zero-order chi connectivity index (χ0) is 12.3. The highest BCUT2D eigenvalue weighted by molar-refractivity contribution is 9.10. The van der Waals surface area contributed by atoms with Crippen molar-refractivity contribution in [2.24, 2.45) is 5.73 Å². The first kappa shape index (κ1) is 12.0. The maximum absolute atomic E-state index is 5.57. The number of nitrogens with two attached hydrogens (primary N) is 1. The molecule has 0 aliphatic carbocycles. The van der Waals surface area contributed by atoms with Crippen LogP contribution in [0.2, 0.25) is 0 Å². The fraction of sp³-hybridized carbons (Fsp3) is 0.167. The second kappa shape index (κ2) is 5.25. The Balaban J connectivity index is 2.54. The normalized spacial score (nSPS) is 10.3. The second-order valence-corrected chi connectivity index (χ2v) is 4.36. The topological polar surface area (TPSA) is 61.0 Å². The van der Waals surface area contributed by atoms with Gasteiger partial charge in [-0.3, -0.25) is 0 Å². The van der Waals surface area contributed by atoms with Gasteiger partial charge in [0.05, 0.1) is 18.5 Å². The lowest BCUT2D eigenvalue weighted by atomic mass is 10.1. The van der Waals surface area contributed by atoms with Crippen LogP contribution in [0.25, 0.3) is 11.3 Å². The molecule has 1 heterocycles. The highest BCUT2D eigenvalue weighted by atomic mass is 79.9. The van der Waals surface area contributed by atoms with E-state index in [0.717, 1.165) is 27.2 Å². The lowest BCUT2D eigenvalue weighted by molar-refractivity contribution is 0.416. The molecule has 88 valence electrons. The second-order valence-electron chi connectivity index (χ2n) is 3.44. The number of benzene rings is 1. The van der Waals surface area contributed by atoms with E-state index in [2.05, 4.69) is 25.9 Å². The average molecular weight is 294 g/mol. The molecule has 2 rings (SSSR count). The monoisotopic (exact) mass is 293 g/mol. The zero-order valence-electron chi connectivity index (χ0n) is 9.35. The lowest BCUT2D eigenvalue weighted by Gasteiger charge is -2.08. The van der Waals surface area contributed by atoms with Gasteiger partial charge in [0, 0.05) is 16.6 Å². The molecular weight excluding hydrogens is 282 g/mol. The minimum absolute atomic E-state index is 0.395. The Bertz CT molecular complexity index is 531. The Morgan fingerprint density at radius 3 is 2.82 bits per heavy atom. The number of aromatic nitrogens is 2. The van der Waals surface area contributed by atoms with Gasteiger partial charge >= 0.3 is 0 Å². The molecule has 0 unspecified atom stereocenters. The third kappa shape index (κ3) is 2.62. The van der Waals surface area contributed by atoms with Crippen molar-refractivity contribution in [2.75, 3.05) is 7.11 Å². The van der Waals surface area contributed by atoms with Crippen molar-refractivity contribution in [2.45, 2.75) is 6.54 Å². The highest BCUT2D eigenvalue weighted by Gasteiger charge is 2.08. The molecule has 1 aromatic carbocycles. The van der Waals surface area contributed by atoms with E-state index in [4.69, 9.17) is 10.5 Å². The summed E-state index contributed by atoms with van der Waals surface area (Å²) in [5.41, 5.74) is 8.09. The van der Waals surface area contributed by atoms with Crippen molar-refractivity contribution in [1.29, 1.82) is 0 Å². The van der Waals surface area contributed by atoms with Crippen LogP contribution in [0.3, 0.4) is 0 Å². The molecule has 0 amide bonds. The van der Waals surface area contributed by atoms with Crippen molar-refractivity contribution in [3.8, 4) is 17.0 Å². The fourth-order valence-electron chi connectivity index (χ4n) is 1.54. The highest BCUT2D eigenvalue weighted by Crippen LogP contribution is 2.31. The summed E-state index contributed by atoms with van der Waals surface area (Å²) >= 11 is 3.43. The van der Waals surface area contributed by atoms with Gasteiger partial charge in [0.2, 0.25) is 0 Å². The number of ether oxygens (including phenoxy) is 1. The molecular formula is C12H12BrN3O. The molecule has 0 aliphatic rings. The van der Waals surface area contributed by atoms with Crippen LogP contribution < -0.4 is 10.5 Å². The van der Waals surface area contributed by atoms with E-state index < -0.39 is 0 Å². The molecule has 0 bridgehead atoms. The molecule has 0 saturated carbocycles. The molecule has 2 aromatic rings. The predicted molar refractivity (Wildman–Crippen MR) is 69.6 cm³/mol. The van der Waals surface area contributed by atoms with E-state index in [1.807, 2.05) is 24.3 Å². The van der Waals surface area contributed by atoms with Crippen LogP contribution >= 0.6 is 15.9 Å². The van der Waals surface area contributed by atoms with Crippen LogP contribution in [-0.2, 0) is 6.54 Å². The number of rotatable bonds is 3. The lowest BCUT2D eigenvalue weighted by Crippen LogP contribution is -2.01.